The van der Waals surface area contributed by atoms with Gasteiger partial charge in [-0.1, -0.05) is 46.3 Å². The molecule has 1 fully saturated rings. The largest absolute Gasteiger partial charge is 0.459 e. The normalized spacial score (nSPS) is 16.9. The summed E-state index contributed by atoms with van der Waals surface area (Å²) in [6, 6.07) is 33.4. The number of para-hydroxylation sites is 1. The SMILES string of the molecule is Cc1ccc(-c2ccc([C@H]3[C@@H](c4ccccn4)NC(=S)N3c3ccc(Oc4ccccc4)cc3)o2)c(Br)c1. The summed E-state index contributed by atoms with van der Waals surface area (Å²) in [6.07, 6.45) is 1.80. The summed E-state index contributed by atoms with van der Waals surface area (Å²) in [7, 11) is 0. The monoisotopic (exact) mass is 581 g/mol. The van der Waals surface area contributed by atoms with Crippen LogP contribution in [-0.2, 0) is 0 Å². The first-order chi connectivity index (χ1) is 18.6. The molecule has 3 aromatic carbocycles. The van der Waals surface area contributed by atoms with Gasteiger partial charge in [0.15, 0.2) is 5.11 Å². The van der Waals surface area contributed by atoms with Crippen LogP contribution in [0.25, 0.3) is 11.3 Å². The van der Waals surface area contributed by atoms with Gasteiger partial charge in [0.1, 0.15) is 29.1 Å². The zero-order valence-electron chi connectivity index (χ0n) is 20.5. The minimum atomic E-state index is -0.240. The van der Waals surface area contributed by atoms with Crippen molar-refractivity contribution in [3.63, 3.8) is 0 Å². The van der Waals surface area contributed by atoms with Crippen LogP contribution in [0.5, 0.6) is 11.5 Å². The van der Waals surface area contributed by atoms with Crippen LogP contribution < -0.4 is 15.0 Å². The lowest BCUT2D eigenvalue weighted by Gasteiger charge is -2.26. The highest BCUT2D eigenvalue weighted by molar-refractivity contribution is 9.10. The Balaban J connectivity index is 1.37. The molecule has 0 aliphatic carbocycles. The molecule has 6 rings (SSSR count). The van der Waals surface area contributed by atoms with E-state index in [4.69, 9.17) is 21.4 Å². The molecule has 1 N–H and O–H groups in total. The van der Waals surface area contributed by atoms with Crippen LogP contribution in [0.2, 0.25) is 0 Å². The van der Waals surface area contributed by atoms with Crippen molar-refractivity contribution in [1.29, 1.82) is 0 Å². The van der Waals surface area contributed by atoms with Gasteiger partial charge in [-0.3, -0.25) is 4.98 Å². The predicted molar refractivity (Wildman–Crippen MR) is 157 cm³/mol. The standard InChI is InChI=1S/C31H24BrN3O2S/c1-20-10-15-24(25(32)19-20)27-16-17-28(37-27)30-29(26-9-5-6-18-33-26)34-31(38)35(30)21-11-13-23(14-12-21)36-22-7-3-2-4-8-22/h2-19,29-30H,1H3,(H,34,38)/t29-,30+/m1/s1. The number of thiocarbonyl (C=S) groups is 1. The Morgan fingerprint density at radius 1 is 0.895 bits per heavy atom. The molecular weight excluding hydrogens is 558 g/mol. The Labute approximate surface area is 235 Å². The summed E-state index contributed by atoms with van der Waals surface area (Å²) in [5.41, 5.74) is 4.00. The zero-order valence-corrected chi connectivity index (χ0v) is 22.9. The van der Waals surface area contributed by atoms with Gasteiger partial charge in [-0.15, -0.1) is 0 Å². The van der Waals surface area contributed by atoms with E-state index in [1.54, 1.807) is 6.20 Å². The van der Waals surface area contributed by atoms with Crippen LogP contribution in [-0.4, -0.2) is 10.1 Å². The number of pyridine rings is 1. The average Bonchev–Trinajstić information content (AvgIpc) is 3.55. The molecule has 5 aromatic rings. The van der Waals surface area contributed by atoms with Gasteiger partial charge in [0.05, 0.1) is 11.7 Å². The maximum Gasteiger partial charge on any atom is 0.174 e. The second-order valence-corrected chi connectivity index (χ2v) is 10.3. The van der Waals surface area contributed by atoms with E-state index < -0.39 is 0 Å². The van der Waals surface area contributed by atoms with Crippen LogP contribution in [0.15, 0.2) is 118 Å². The number of aromatic nitrogens is 1. The highest BCUT2D eigenvalue weighted by atomic mass is 79.9. The van der Waals surface area contributed by atoms with Crippen molar-refractivity contribution in [2.24, 2.45) is 0 Å². The molecule has 0 amide bonds. The third kappa shape index (κ3) is 4.83. The van der Waals surface area contributed by atoms with E-state index in [9.17, 15) is 0 Å². The molecule has 1 aliphatic rings. The summed E-state index contributed by atoms with van der Waals surface area (Å²) in [5, 5.41) is 4.09. The number of furan rings is 1. The lowest BCUT2D eigenvalue weighted by atomic mass is 10.0. The summed E-state index contributed by atoms with van der Waals surface area (Å²) >= 11 is 9.54. The maximum atomic E-state index is 6.51. The Bertz CT molecular complexity index is 1570. The van der Waals surface area contributed by atoms with Crippen molar-refractivity contribution >= 4 is 38.9 Å². The van der Waals surface area contributed by atoms with Gasteiger partial charge in [-0.2, -0.15) is 0 Å². The van der Waals surface area contributed by atoms with Crippen LogP contribution in [0.1, 0.15) is 29.1 Å². The molecule has 5 nitrogen and oxygen atoms in total. The molecule has 1 aliphatic heterocycles. The molecule has 38 heavy (non-hydrogen) atoms. The van der Waals surface area contributed by atoms with Crippen molar-refractivity contribution in [2.45, 2.75) is 19.0 Å². The Kier molecular flexibility index (Phi) is 6.70. The van der Waals surface area contributed by atoms with E-state index in [-0.39, 0.29) is 12.1 Å². The number of anilines is 1. The van der Waals surface area contributed by atoms with E-state index >= 15 is 0 Å². The highest BCUT2D eigenvalue weighted by Crippen LogP contribution is 2.44. The lowest BCUT2D eigenvalue weighted by molar-refractivity contribution is 0.439. The first-order valence-corrected chi connectivity index (χ1v) is 13.5. The highest BCUT2D eigenvalue weighted by Gasteiger charge is 2.42. The number of hydrogen-bond donors (Lipinski definition) is 1. The number of benzene rings is 3. The number of aryl methyl sites for hydroxylation is 1. The molecule has 3 heterocycles. The molecule has 188 valence electrons. The second kappa shape index (κ2) is 10.4. The number of nitrogens with zero attached hydrogens (tertiary/aromatic N) is 2. The summed E-state index contributed by atoms with van der Waals surface area (Å²) in [5.74, 6) is 3.12. The first-order valence-electron chi connectivity index (χ1n) is 12.3. The topological polar surface area (TPSA) is 50.5 Å². The van der Waals surface area contributed by atoms with Crippen molar-refractivity contribution in [2.75, 3.05) is 4.90 Å². The van der Waals surface area contributed by atoms with Crippen molar-refractivity contribution in [1.82, 2.24) is 10.3 Å². The second-order valence-electron chi connectivity index (χ2n) is 9.09. The van der Waals surface area contributed by atoms with Crippen LogP contribution >= 0.6 is 28.1 Å². The van der Waals surface area contributed by atoms with Crippen molar-refractivity contribution < 1.29 is 9.15 Å². The van der Waals surface area contributed by atoms with Gasteiger partial charge in [0.2, 0.25) is 0 Å². The Morgan fingerprint density at radius 3 is 2.39 bits per heavy atom. The number of hydrogen-bond acceptors (Lipinski definition) is 4. The number of nitrogens with one attached hydrogen (secondary N) is 1. The number of rotatable bonds is 6. The quantitative estimate of drug-likeness (QED) is 0.203. The van der Waals surface area contributed by atoms with Crippen molar-refractivity contribution in [3.05, 3.63) is 131 Å². The van der Waals surface area contributed by atoms with Gasteiger partial charge >= 0.3 is 0 Å². The molecule has 1 saturated heterocycles. The summed E-state index contributed by atoms with van der Waals surface area (Å²) in [6.45, 7) is 2.07. The van der Waals surface area contributed by atoms with E-state index in [0.29, 0.717) is 5.11 Å². The van der Waals surface area contributed by atoms with Gasteiger partial charge < -0.3 is 19.4 Å². The number of halogens is 1. The molecule has 0 bridgehead atoms. The minimum Gasteiger partial charge on any atom is -0.459 e. The number of ether oxygens (including phenoxy) is 1. The molecular formula is C31H24BrN3O2S. The van der Waals surface area contributed by atoms with Crippen LogP contribution in [0.4, 0.5) is 5.69 Å². The summed E-state index contributed by atoms with van der Waals surface area (Å²) < 4.78 is 13.5. The minimum absolute atomic E-state index is 0.190. The predicted octanol–water partition coefficient (Wildman–Crippen LogP) is 8.38. The first kappa shape index (κ1) is 24.4. The van der Waals surface area contributed by atoms with E-state index in [1.807, 2.05) is 84.9 Å². The third-order valence-corrected chi connectivity index (χ3v) is 7.47. The average molecular weight is 583 g/mol. The molecule has 0 unspecified atom stereocenters. The van der Waals surface area contributed by atoms with E-state index in [2.05, 4.69) is 56.3 Å². The van der Waals surface area contributed by atoms with Gasteiger partial charge in [-0.25, -0.2) is 0 Å². The van der Waals surface area contributed by atoms with E-state index in [1.165, 1.54) is 5.56 Å². The molecule has 0 spiro atoms. The van der Waals surface area contributed by atoms with Crippen LogP contribution in [0, 0.1) is 6.92 Å². The molecule has 0 radical (unpaired) electrons. The summed E-state index contributed by atoms with van der Waals surface area (Å²) in [4.78, 5) is 6.72. The lowest BCUT2D eigenvalue weighted by Crippen LogP contribution is -2.29. The van der Waals surface area contributed by atoms with Gasteiger partial charge in [0, 0.05) is 21.9 Å². The van der Waals surface area contributed by atoms with Gasteiger partial charge in [0.25, 0.3) is 0 Å². The third-order valence-electron chi connectivity index (χ3n) is 6.50. The zero-order chi connectivity index (χ0) is 26.1. The van der Waals surface area contributed by atoms with Crippen LogP contribution in [0.3, 0.4) is 0 Å². The van der Waals surface area contributed by atoms with Gasteiger partial charge in [-0.05, 0) is 97.5 Å². The van der Waals surface area contributed by atoms with E-state index in [0.717, 1.165) is 44.4 Å². The Hall–Kier alpha value is -3.94. The fraction of sp³-hybridized carbons (Fsp3) is 0.0968. The fourth-order valence-corrected chi connectivity index (χ4v) is 5.73. The molecule has 2 aromatic heterocycles. The fourth-order valence-electron chi connectivity index (χ4n) is 4.70. The molecule has 7 heteroatoms. The Morgan fingerprint density at radius 2 is 1.66 bits per heavy atom. The van der Waals surface area contributed by atoms with Crippen molar-refractivity contribution in [3.8, 4) is 22.8 Å². The smallest absolute Gasteiger partial charge is 0.174 e. The maximum absolute atomic E-state index is 6.51. The molecule has 0 saturated carbocycles. The molecule has 2 atom stereocenters.